The Morgan fingerprint density at radius 2 is 1.82 bits per heavy atom. The van der Waals surface area contributed by atoms with E-state index in [2.05, 4.69) is 10.3 Å². The molecular weight excluding hydrogens is 477 g/mol. The molecule has 1 aliphatic heterocycles. The normalized spacial score (nSPS) is 17.4. The van der Waals surface area contributed by atoms with Crippen LogP contribution in [0.5, 0.6) is 0 Å². The topological polar surface area (TPSA) is 84.9 Å². The quantitative estimate of drug-likeness (QED) is 0.331. The molecule has 0 spiro atoms. The van der Waals surface area contributed by atoms with Crippen molar-refractivity contribution < 1.29 is 11.2 Å². The number of hydrogen-bond donors (Lipinski definition) is 2. The Morgan fingerprint density at radius 1 is 1.03 bits per heavy atom. The first-order valence-electron chi connectivity index (χ1n) is 15.0. The lowest BCUT2D eigenvalue weighted by Gasteiger charge is -2.31. The van der Waals surface area contributed by atoms with Crippen molar-refractivity contribution in [1.29, 1.82) is 0 Å². The molecule has 7 nitrogen and oxygen atoms in total. The summed E-state index contributed by atoms with van der Waals surface area (Å²) >= 11 is 0. The van der Waals surface area contributed by atoms with Crippen LogP contribution in [0.4, 0.5) is 10.2 Å². The summed E-state index contributed by atoms with van der Waals surface area (Å²) in [6, 6.07) is 20.4. The Labute approximate surface area is 228 Å². The standard InChI is InChI=1S/C30H30FN7/c1-33-23-14-17-37(18-15-23)19-20-4-10-24(11-5-20)38-29(25-3-2-16-34-28(25)32)36-27-13-12-26(35-30(27)38)21-6-8-22(31)9-7-21/h2-13,16,23,33H,14-15,17-19H2,1H3,(H2,32,34)/i1D3,19D2. The smallest absolute Gasteiger partial charge is 0.165 e. The van der Waals surface area contributed by atoms with E-state index in [1.807, 2.05) is 34.9 Å². The molecule has 0 bridgehead atoms. The fourth-order valence-corrected chi connectivity index (χ4v) is 4.77. The van der Waals surface area contributed by atoms with Gasteiger partial charge in [-0.15, -0.1) is 0 Å². The zero-order valence-electron chi connectivity index (χ0n) is 25.6. The van der Waals surface area contributed by atoms with Crippen molar-refractivity contribution in [1.82, 2.24) is 29.7 Å². The number of hydrogen-bond acceptors (Lipinski definition) is 6. The van der Waals surface area contributed by atoms with E-state index in [0.717, 1.165) is 5.56 Å². The predicted octanol–water partition coefficient (Wildman–Crippen LogP) is 5.05. The molecule has 3 aromatic heterocycles. The van der Waals surface area contributed by atoms with Crippen LogP contribution in [0.2, 0.25) is 0 Å². The van der Waals surface area contributed by atoms with E-state index in [4.69, 9.17) is 22.6 Å². The highest BCUT2D eigenvalue weighted by molar-refractivity contribution is 5.84. The van der Waals surface area contributed by atoms with Crippen molar-refractivity contribution in [3.05, 3.63) is 90.4 Å². The molecule has 3 N–H and O–H groups in total. The molecule has 2 aromatic carbocycles. The molecule has 38 heavy (non-hydrogen) atoms. The fraction of sp³-hybridized carbons (Fsp3) is 0.233. The van der Waals surface area contributed by atoms with Gasteiger partial charge in [0.25, 0.3) is 0 Å². The van der Waals surface area contributed by atoms with Crippen LogP contribution in [0.25, 0.3) is 39.5 Å². The van der Waals surface area contributed by atoms with Gasteiger partial charge in [0.2, 0.25) is 0 Å². The van der Waals surface area contributed by atoms with Gasteiger partial charge in [-0.25, -0.2) is 19.3 Å². The Bertz CT molecular complexity index is 1750. The maximum absolute atomic E-state index is 13.6. The molecule has 0 amide bonds. The van der Waals surface area contributed by atoms with Crippen molar-refractivity contribution in [3.8, 4) is 28.3 Å². The van der Waals surface area contributed by atoms with Gasteiger partial charge in [0, 0.05) is 36.8 Å². The van der Waals surface area contributed by atoms with E-state index in [-0.39, 0.29) is 11.9 Å². The first-order valence-corrected chi connectivity index (χ1v) is 12.5. The summed E-state index contributed by atoms with van der Waals surface area (Å²) < 4.78 is 55.6. The molecule has 0 radical (unpaired) electrons. The number of pyridine rings is 2. The van der Waals surface area contributed by atoms with Crippen molar-refractivity contribution in [2.24, 2.45) is 0 Å². The second kappa shape index (κ2) is 10.3. The summed E-state index contributed by atoms with van der Waals surface area (Å²) in [7, 11) is 0. The van der Waals surface area contributed by atoms with Gasteiger partial charge >= 0.3 is 0 Å². The first-order chi connectivity index (χ1) is 20.5. The summed E-state index contributed by atoms with van der Waals surface area (Å²) in [5.41, 5.74) is 10.6. The average Bonchev–Trinajstić information content (AvgIpc) is 3.36. The molecule has 0 atom stereocenters. The molecule has 5 aromatic rings. The van der Waals surface area contributed by atoms with Gasteiger partial charge < -0.3 is 11.1 Å². The Kier molecular flexibility index (Phi) is 5.16. The maximum Gasteiger partial charge on any atom is 0.165 e. The van der Waals surface area contributed by atoms with E-state index >= 15 is 0 Å². The first kappa shape index (κ1) is 19.0. The van der Waals surface area contributed by atoms with Crippen LogP contribution in [-0.4, -0.2) is 50.5 Å². The summed E-state index contributed by atoms with van der Waals surface area (Å²) in [5.74, 6) is 0.506. The summed E-state index contributed by atoms with van der Waals surface area (Å²) in [6.45, 7) is -3.12. The molecular formula is C30H30FN7. The number of halogens is 1. The number of likely N-dealkylation sites (tertiary alicyclic amines) is 1. The zero-order chi connectivity index (χ0) is 30.4. The van der Waals surface area contributed by atoms with E-state index in [9.17, 15) is 4.39 Å². The monoisotopic (exact) mass is 512 g/mol. The number of rotatable bonds is 6. The number of imidazole rings is 1. The largest absolute Gasteiger partial charge is 0.383 e. The summed E-state index contributed by atoms with van der Waals surface area (Å²) in [5, 5.41) is 2.65. The molecule has 0 saturated carbocycles. The van der Waals surface area contributed by atoms with Gasteiger partial charge in [0.1, 0.15) is 17.2 Å². The molecule has 192 valence electrons. The second-order valence-electron chi connectivity index (χ2n) is 9.32. The van der Waals surface area contributed by atoms with Gasteiger partial charge in [0.15, 0.2) is 11.5 Å². The molecule has 0 aliphatic carbocycles. The number of anilines is 1. The molecule has 1 fully saturated rings. The Hall–Kier alpha value is -4.14. The minimum atomic E-state index is -2.22. The number of benzene rings is 2. The van der Waals surface area contributed by atoms with Crippen LogP contribution in [-0.2, 0) is 6.50 Å². The third-order valence-corrected chi connectivity index (χ3v) is 6.84. The molecule has 6 rings (SSSR count). The third kappa shape index (κ3) is 4.76. The highest BCUT2D eigenvalue weighted by atomic mass is 19.1. The van der Waals surface area contributed by atoms with E-state index in [1.54, 1.807) is 41.4 Å². The van der Waals surface area contributed by atoms with Crippen molar-refractivity contribution in [3.63, 3.8) is 0 Å². The van der Waals surface area contributed by atoms with E-state index in [0.29, 0.717) is 71.2 Å². The third-order valence-electron chi connectivity index (χ3n) is 6.84. The number of nitrogen functional groups attached to an aromatic ring is 1. The molecule has 8 heteroatoms. The number of aromatic nitrogens is 4. The number of nitrogens with zero attached hydrogens (tertiary/aromatic N) is 5. The molecule has 4 heterocycles. The Balaban J connectivity index is 1.37. The number of nitrogens with two attached hydrogens (primary N) is 1. The van der Waals surface area contributed by atoms with Gasteiger partial charge in [-0.1, -0.05) is 12.1 Å². The van der Waals surface area contributed by atoms with Crippen LogP contribution in [0.3, 0.4) is 0 Å². The second-order valence-corrected chi connectivity index (χ2v) is 9.32. The van der Waals surface area contributed by atoms with Crippen LogP contribution in [0, 0.1) is 5.82 Å². The predicted molar refractivity (Wildman–Crippen MR) is 149 cm³/mol. The lowest BCUT2D eigenvalue weighted by atomic mass is 10.0. The molecule has 1 aliphatic rings. The van der Waals surface area contributed by atoms with Crippen LogP contribution in [0.1, 0.15) is 25.3 Å². The van der Waals surface area contributed by atoms with Gasteiger partial charge in [0.05, 0.1) is 11.3 Å². The Morgan fingerprint density at radius 3 is 2.55 bits per heavy atom. The number of piperidine rings is 1. The average molecular weight is 513 g/mol. The molecule has 0 unspecified atom stereocenters. The van der Waals surface area contributed by atoms with Crippen LogP contribution < -0.4 is 11.1 Å². The maximum atomic E-state index is 13.6. The van der Waals surface area contributed by atoms with E-state index < -0.39 is 13.5 Å². The fourth-order valence-electron chi connectivity index (χ4n) is 4.77. The lowest BCUT2D eigenvalue weighted by molar-refractivity contribution is 0.194. The number of fused-ring (bicyclic) bond motifs is 1. The highest BCUT2D eigenvalue weighted by Gasteiger charge is 2.20. The van der Waals surface area contributed by atoms with E-state index in [1.165, 1.54) is 12.1 Å². The number of nitrogens with one attached hydrogen (secondary N) is 1. The minimum Gasteiger partial charge on any atom is -0.383 e. The minimum absolute atomic E-state index is 0.179. The summed E-state index contributed by atoms with van der Waals surface area (Å²) in [6.07, 6.45) is 2.68. The van der Waals surface area contributed by atoms with Crippen molar-refractivity contribution in [2.45, 2.75) is 25.4 Å². The van der Waals surface area contributed by atoms with Gasteiger partial charge in [-0.05, 0) is 99.1 Å². The van der Waals surface area contributed by atoms with Gasteiger partial charge in [-0.3, -0.25) is 9.47 Å². The zero-order valence-corrected chi connectivity index (χ0v) is 20.6. The highest BCUT2D eigenvalue weighted by Crippen LogP contribution is 2.32. The van der Waals surface area contributed by atoms with Gasteiger partial charge in [-0.2, -0.15) is 0 Å². The lowest BCUT2D eigenvalue weighted by Crippen LogP contribution is -2.40. The SMILES string of the molecule is [2H]C([2H])([2H])NC1CCN(C([2H])([2H])c2ccc(-n3c(-c4cccnc4N)nc4ccc(-c5ccc(F)cc5)nc43)cc2)CC1. The molecule has 1 saturated heterocycles. The van der Waals surface area contributed by atoms with Crippen LogP contribution in [0.15, 0.2) is 79.0 Å². The van der Waals surface area contributed by atoms with Crippen LogP contribution >= 0.6 is 0 Å². The van der Waals surface area contributed by atoms with Crippen molar-refractivity contribution in [2.75, 3.05) is 25.8 Å². The van der Waals surface area contributed by atoms with Crippen molar-refractivity contribution >= 4 is 17.0 Å². The summed E-state index contributed by atoms with van der Waals surface area (Å²) in [4.78, 5) is 15.7.